The van der Waals surface area contributed by atoms with Gasteiger partial charge in [-0.3, -0.25) is 0 Å². The van der Waals surface area contributed by atoms with E-state index in [1.807, 2.05) is 30.1 Å². The molecule has 1 fully saturated rings. The van der Waals surface area contributed by atoms with Crippen molar-refractivity contribution in [1.82, 2.24) is 14.5 Å². The number of hydrogen-bond donors (Lipinski definition) is 0. The highest BCUT2D eigenvalue weighted by molar-refractivity contribution is 7.99. The van der Waals surface area contributed by atoms with Gasteiger partial charge in [0.25, 0.3) is 0 Å². The Balaban J connectivity index is 2.18. The molecule has 84 valence electrons. The quantitative estimate of drug-likeness (QED) is 0.771. The molecule has 0 amide bonds. The maximum atomic E-state index is 5.96. The van der Waals surface area contributed by atoms with Crippen LogP contribution in [0.4, 0.5) is 0 Å². The van der Waals surface area contributed by atoms with Gasteiger partial charge in [-0.2, -0.15) is 11.8 Å². The maximum absolute atomic E-state index is 5.96. The average molecular weight is 254 g/mol. The van der Waals surface area contributed by atoms with Crippen molar-refractivity contribution in [2.75, 3.05) is 11.5 Å². The number of hydrogen-bond acceptors (Lipinski definition) is 3. The Labute approximate surface area is 103 Å². The van der Waals surface area contributed by atoms with Gasteiger partial charge in [-0.25, -0.2) is 9.97 Å². The number of alkyl halides is 1. The molecule has 3 rings (SSSR count). The normalized spacial score (nSPS) is 20.7. The van der Waals surface area contributed by atoms with Crippen molar-refractivity contribution in [3.63, 3.8) is 0 Å². The number of pyridine rings is 1. The molecule has 16 heavy (non-hydrogen) atoms. The van der Waals surface area contributed by atoms with Crippen molar-refractivity contribution in [2.45, 2.75) is 18.3 Å². The molecule has 1 aliphatic rings. The summed E-state index contributed by atoms with van der Waals surface area (Å²) in [7, 11) is 0. The largest absolute Gasteiger partial charge is 0.308 e. The van der Waals surface area contributed by atoms with Crippen LogP contribution < -0.4 is 0 Å². The van der Waals surface area contributed by atoms with Crippen LogP contribution in [0.25, 0.3) is 11.2 Å². The first kappa shape index (κ1) is 10.4. The molecular weight excluding hydrogens is 242 g/mol. The molecule has 1 unspecified atom stereocenters. The predicted octanol–water partition coefficient (Wildman–Crippen LogP) is 2.85. The van der Waals surface area contributed by atoms with Gasteiger partial charge in [0, 0.05) is 18.0 Å². The second-order valence-electron chi connectivity index (χ2n) is 3.90. The second kappa shape index (κ2) is 4.26. The van der Waals surface area contributed by atoms with Crippen LogP contribution in [0, 0.1) is 0 Å². The summed E-state index contributed by atoms with van der Waals surface area (Å²) in [5.74, 6) is 3.77. The molecule has 2 aromatic rings. The van der Waals surface area contributed by atoms with Gasteiger partial charge in [-0.05, 0) is 24.3 Å². The van der Waals surface area contributed by atoms with Gasteiger partial charge >= 0.3 is 0 Å². The van der Waals surface area contributed by atoms with Crippen LogP contribution in [0.1, 0.15) is 18.3 Å². The fraction of sp³-hybridized carbons (Fsp3) is 0.455. The van der Waals surface area contributed by atoms with Gasteiger partial charge in [0.2, 0.25) is 0 Å². The molecule has 1 aliphatic heterocycles. The second-order valence-corrected chi connectivity index (χ2v) is 5.31. The van der Waals surface area contributed by atoms with Crippen molar-refractivity contribution in [1.29, 1.82) is 0 Å². The van der Waals surface area contributed by atoms with Crippen LogP contribution in [-0.4, -0.2) is 26.0 Å². The third-order valence-electron chi connectivity index (χ3n) is 2.91. The third-order valence-corrected chi connectivity index (χ3v) is 4.30. The summed E-state index contributed by atoms with van der Waals surface area (Å²) in [4.78, 5) is 8.96. The van der Waals surface area contributed by atoms with E-state index in [0.29, 0.717) is 11.9 Å². The van der Waals surface area contributed by atoms with Crippen molar-refractivity contribution in [3.05, 3.63) is 24.2 Å². The molecular formula is C11H12ClN3S. The number of halogens is 1. The smallest absolute Gasteiger partial charge is 0.160 e. The first-order valence-corrected chi connectivity index (χ1v) is 7.04. The lowest BCUT2D eigenvalue weighted by Crippen LogP contribution is -2.11. The highest BCUT2D eigenvalue weighted by Gasteiger charge is 2.22. The molecule has 0 spiro atoms. The molecule has 2 aromatic heterocycles. The SMILES string of the molecule is ClCc1nc2cccnc2n1C1CCSC1. The number of nitrogens with zero attached hydrogens (tertiary/aromatic N) is 3. The van der Waals surface area contributed by atoms with Crippen LogP contribution in [0.5, 0.6) is 0 Å². The van der Waals surface area contributed by atoms with Crippen LogP contribution in [0.2, 0.25) is 0 Å². The van der Waals surface area contributed by atoms with Crippen molar-refractivity contribution >= 4 is 34.5 Å². The van der Waals surface area contributed by atoms with E-state index in [1.165, 1.54) is 12.2 Å². The lowest BCUT2D eigenvalue weighted by atomic mass is 10.2. The van der Waals surface area contributed by atoms with Crippen LogP contribution in [0.15, 0.2) is 18.3 Å². The van der Waals surface area contributed by atoms with E-state index >= 15 is 0 Å². The van der Waals surface area contributed by atoms with E-state index < -0.39 is 0 Å². The minimum atomic E-state index is 0.456. The summed E-state index contributed by atoms with van der Waals surface area (Å²) in [6.07, 6.45) is 3.01. The first-order valence-electron chi connectivity index (χ1n) is 5.35. The molecule has 0 bridgehead atoms. The Bertz CT molecular complexity index is 505. The van der Waals surface area contributed by atoms with E-state index in [9.17, 15) is 0 Å². The molecule has 1 atom stereocenters. The van der Waals surface area contributed by atoms with Gasteiger partial charge in [0.05, 0.1) is 5.88 Å². The zero-order valence-corrected chi connectivity index (χ0v) is 10.3. The number of aromatic nitrogens is 3. The molecule has 0 aliphatic carbocycles. The predicted molar refractivity (Wildman–Crippen MR) is 68.1 cm³/mol. The highest BCUT2D eigenvalue weighted by atomic mass is 35.5. The van der Waals surface area contributed by atoms with E-state index in [0.717, 1.165) is 22.7 Å². The van der Waals surface area contributed by atoms with Gasteiger partial charge in [0.15, 0.2) is 5.65 Å². The topological polar surface area (TPSA) is 30.7 Å². The summed E-state index contributed by atoms with van der Waals surface area (Å²) in [5.41, 5.74) is 1.93. The molecule has 1 saturated heterocycles. The molecule has 5 heteroatoms. The van der Waals surface area contributed by atoms with E-state index in [2.05, 4.69) is 14.5 Å². The molecule has 3 heterocycles. The van der Waals surface area contributed by atoms with Gasteiger partial charge in [-0.15, -0.1) is 11.6 Å². The van der Waals surface area contributed by atoms with Crippen molar-refractivity contribution in [3.8, 4) is 0 Å². The fourth-order valence-corrected chi connectivity index (χ4v) is 3.56. The van der Waals surface area contributed by atoms with Gasteiger partial charge in [-0.1, -0.05) is 0 Å². The first-order chi connectivity index (χ1) is 7.90. The Hall–Kier alpha value is -0.740. The third kappa shape index (κ3) is 1.60. The summed E-state index contributed by atoms with van der Waals surface area (Å²) >= 11 is 7.95. The van der Waals surface area contributed by atoms with Crippen LogP contribution in [-0.2, 0) is 5.88 Å². The summed E-state index contributed by atoms with van der Waals surface area (Å²) in [6, 6.07) is 4.43. The Morgan fingerprint density at radius 3 is 3.25 bits per heavy atom. The molecule has 0 N–H and O–H groups in total. The number of fused-ring (bicyclic) bond motifs is 1. The molecule has 0 radical (unpaired) electrons. The minimum absolute atomic E-state index is 0.456. The lowest BCUT2D eigenvalue weighted by Gasteiger charge is -2.13. The Kier molecular flexibility index (Phi) is 2.77. The fourth-order valence-electron chi connectivity index (χ4n) is 2.18. The van der Waals surface area contributed by atoms with Crippen LogP contribution in [0.3, 0.4) is 0 Å². The highest BCUT2D eigenvalue weighted by Crippen LogP contribution is 2.31. The average Bonchev–Trinajstić information content (AvgIpc) is 2.94. The maximum Gasteiger partial charge on any atom is 0.160 e. The van der Waals surface area contributed by atoms with Gasteiger partial charge in [0.1, 0.15) is 11.3 Å². The van der Waals surface area contributed by atoms with E-state index in [-0.39, 0.29) is 0 Å². The standard InChI is InChI=1S/C11H12ClN3S/c12-6-10-14-9-2-1-4-13-11(9)15(10)8-3-5-16-7-8/h1-2,4,8H,3,5-7H2. The summed E-state index contributed by atoms with van der Waals surface area (Å²) in [5, 5.41) is 0. The van der Waals surface area contributed by atoms with E-state index in [1.54, 1.807) is 0 Å². The Morgan fingerprint density at radius 2 is 2.50 bits per heavy atom. The number of thioether (sulfide) groups is 1. The monoisotopic (exact) mass is 253 g/mol. The summed E-state index contributed by atoms with van der Waals surface area (Å²) < 4.78 is 2.22. The number of imidazole rings is 1. The lowest BCUT2D eigenvalue weighted by molar-refractivity contribution is 0.555. The zero-order chi connectivity index (χ0) is 11.0. The van der Waals surface area contributed by atoms with Crippen molar-refractivity contribution < 1.29 is 0 Å². The van der Waals surface area contributed by atoms with Crippen molar-refractivity contribution in [2.24, 2.45) is 0 Å². The van der Waals surface area contributed by atoms with Crippen LogP contribution >= 0.6 is 23.4 Å². The summed E-state index contributed by atoms with van der Waals surface area (Å²) in [6.45, 7) is 0. The zero-order valence-electron chi connectivity index (χ0n) is 8.77. The molecule has 3 nitrogen and oxygen atoms in total. The number of rotatable bonds is 2. The molecule has 0 aromatic carbocycles. The molecule has 0 saturated carbocycles. The van der Waals surface area contributed by atoms with Gasteiger partial charge < -0.3 is 4.57 Å². The van der Waals surface area contributed by atoms with E-state index in [4.69, 9.17) is 11.6 Å². The minimum Gasteiger partial charge on any atom is -0.308 e. The Morgan fingerprint density at radius 1 is 1.56 bits per heavy atom.